The second-order valence-corrected chi connectivity index (χ2v) is 6.90. The van der Waals surface area contributed by atoms with Gasteiger partial charge in [0.15, 0.2) is 5.13 Å². The maximum Gasteiger partial charge on any atom is 0.226 e. The molecule has 7 heteroatoms. The number of anilines is 1. The third-order valence-corrected chi connectivity index (χ3v) is 4.84. The normalized spacial score (nSPS) is 10.8. The molecule has 4 aromatic rings. The molecule has 0 saturated heterocycles. The van der Waals surface area contributed by atoms with E-state index in [0.29, 0.717) is 28.6 Å². The number of thiazole rings is 1. The minimum Gasteiger partial charge on any atom is -0.461 e. The summed E-state index contributed by atoms with van der Waals surface area (Å²) >= 11 is 1.35. The lowest BCUT2D eigenvalue weighted by Gasteiger charge is -2.01. The van der Waals surface area contributed by atoms with Gasteiger partial charge in [0.1, 0.15) is 23.0 Å². The molecule has 0 atom stereocenters. The zero-order valence-corrected chi connectivity index (χ0v) is 15.6. The number of furan rings is 1. The highest BCUT2D eigenvalue weighted by Crippen LogP contribution is 2.26. The van der Waals surface area contributed by atoms with Gasteiger partial charge in [0.25, 0.3) is 0 Å². The minimum atomic E-state index is -0.339. The van der Waals surface area contributed by atoms with Gasteiger partial charge in [0.05, 0.1) is 11.3 Å². The Hall–Kier alpha value is -3.32. The van der Waals surface area contributed by atoms with Gasteiger partial charge in [-0.25, -0.2) is 9.37 Å². The molecule has 1 amide bonds. The average molecular weight is 393 g/mol. The first-order valence-corrected chi connectivity index (χ1v) is 9.57. The Balaban J connectivity index is 1.34. The summed E-state index contributed by atoms with van der Waals surface area (Å²) in [5.74, 6) is 0.578. The molecule has 0 unspecified atom stereocenters. The van der Waals surface area contributed by atoms with E-state index in [-0.39, 0.29) is 18.1 Å². The van der Waals surface area contributed by atoms with Crippen LogP contribution in [0.2, 0.25) is 0 Å². The first-order valence-electron chi connectivity index (χ1n) is 8.69. The lowest BCUT2D eigenvalue weighted by Crippen LogP contribution is -2.11. The van der Waals surface area contributed by atoms with E-state index in [1.54, 1.807) is 36.5 Å². The summed E-state index contributed by atoms with van der Waals surface area (Å²) < 4.78 is 19.5. The molecule has 0 aliphatic rings. The molecule has 0 spiro atoms. The van der Waals surface area contributed by atoms with Gasteiger partial charge >= 0.3 is 0 Å². The molecule has 0 radical (unpaired) electrons. The molecule has 4 rings (SSSR count). The van der Waals surface area contributed by atoms with Crippen molar-refractivity contribution in [3.05, 3.63) is 77.8 Å². The fourth-order valence-electron chi connectivity index (χ4n) is 2.70. The molecule has 0 aliphatic carbocycles. The van der Waals surface area contributed by atoms with E-state index in [0.717, 1.165) is 11.4 Å². The van der Waals surface area contributed by atoms with E-state index < -0.39 is 0 Å². The molecular weight excluding hydrogens is 377 g/mol. The van der Waals surface area contributed by atoms with Crippen LogP contribution in [0.1, 0.15) is 12.2 Å². The van der Waals surface area contributed by atoms with Crippen LogP contribution in [-0.4, -0.2) is 15.9 Å². The fourth-order valence-corrected chi connectivity index (χ4v) is 3.42. The predicted octanol–water partition coefficient (Wildman–Crippen LogP) is 5.18. The lowest BCUT2D eigenvalue weighted by molar-refractivity contribution is -0.116. The number of rotatable bonds is 6. The molecule has 28 heavy (non-hydrogen) atoms. The van der Waals surface area contributed by atoms with Gasteiger partial charge in [-0.3, -0.25) is 9.78 Å². The first-order chi connectivity index (χ1) is 13.7. The van der Waals surface area contributed by atoms with E-state index in [1.807, 2.05) is 23.6 Å². The van der Waals surface area contributed by atoms with E-state index in [2.05, 4.69) is 15.3 Å². The maximum atomic E-state index is 13.8. The Morgan fingerprint density at radius 2 is 1.93 bits per heavy atom. The summed E-state index contributed by atoms with van der Waals surface area (Å²) in [7, 11) is 0. The van der Waals surface area contributed by atoms with Gasteiger partial charge in [-0.1, -0.05) is 18.2 Å². The van der Waals surface area contributed by atoms with Crippen molar-refractivity contribution < 1.29 is 13.6 Å². The van der Waals surface area contributed by atoms with Crippen molar-refractivity contribution in [1.82, 2.24) is 9.97 Å². The second-order valence-electron chi connectivity index (χ2n) is 6.05. The van der Waals surface area contributed by atoms with E-state index in [1.165, 1.54) is 17.4 Å². The van der Waals surface area contributed by atoms with Crippen LogP contribution in [0.3, 0.4) is 0 Å². The van der Waals surface area contributed by atoms with E-state index in [9.17, 15) is 9.18 Å². The van der Waals surface area contributed by atoms with Crippen LogP contribution in [0.5, 0.6) is 0 Å². The van der Waals surface area contributed by atoms with Gasteiger partial charge in [-0.15, -0.1) is 11.3 Å². The molecule has 0 fully saturated rings. The number of aryl methyl sites for hydroxylation is 1. The number of nitrogens with one attached hydrogen (secondary N) is 1. The van der Waals surface area contributed by atoms with Gasteiger partial charge in [0, 0.05) is 24.4 Å². The van der Waals surface area contributed by atoms with E-state index in [4.69, 9.17) is 4.42 Å². The number of pyridine rings is 1. The van der Waals surface area contributed by atoms with Gasteiger partial charge in [-0.05, 0) is 36.4 Å². The average Bonchev–Trinajstić information content (AvgIpc) is 3.37. The third kappa shape index (κ3) is 4.15. The van der Waals surface area contributed by atoms with Crippen molar-refractivity contribution in [2.75, 3.05) is 5.32 Å². The summed E-state index contributed by atoms with van der Waals surface area (Å²) in [4.78, 5) is 20.8. The highest BCUT2D eigenvalue weighted by Gasteiger charge is 2.12. The van der Waals surface area contributed by atoms with Crippen LogP contribution >= 0.6 is 11.3 Å². The minimum absolute atomic E-state index is 0.161. The summed E-state index contributed by atoms with van der Waals surface area (Å²) in [6.07, 6.45) is 2.35. The largest absolute Gasteiger partial charge is 0.461 e. The molecule has 5 nitrogen and oxygen atoms in total. The standard InChI is InChI=1S/C21H16FN3O2S/c22-16-6-2-1-5-15(16)19-10-8-14(27-19)9-11-20(26)25-21-24-18(13-28-21)17-7-3-4-12-23-17/h1-8,10,12-13H,9,11H2,(H,24,25,26). The second kappa shape index (κ2) is 8.14. The topological polar surface area (TPSA) is 68.0 Å². The monoisotopic (exact) mass is 393 g/mol. The van der Waals surface area contributed by atoms with Crippen LogP contribution in [0.4, 0.5) is 9.52 Å². The number of nitrogens with zero attached hydrogens (tertiary/aromatic N) is 2. The van der Waals surface area contributed by atoms with E-state index >= 15 is 0 Å². The van der Waals surface area contributed by atoms with Gasteiger partial charge in [0.2, 0.25) is 5.91 Å². The highest BCUT2D eigenvalue weighted by molar-refractivity contribution is 7.14. The predicted molar refractivity (Wildman–Crippen MR) is 106 cm³/mol. The summed E-state index contributed by atoms with van der Waals surface area (Å²) in [6, 6.07) is 15.5. The molecule has 1 aromatic carbocycles. The number of aromatic nitrogens is 2. The number of amides is 1. The Kier molecular flexibility index (Phi) is 5.25. The lowest BCUT2D eigenvalue weighted by atomic mass is 10.1. The smallest absolute Gasteiger partial charge is 0.226 e. The third-order valence-electron chi connectivity index (χ3n) is 4.08. The van der Waals surface area contributed by atoms with Crippen molar-refractivity contribution in [3.8, 4) is 22.7 Å². The summed E-state index contributed by atoms with van der Waals surface area (Å²) in [5, 5.41) is 5.17. The van der Waals surface area contributed by atoms with Crippen molar-refractivity contribution in [3.63, 3.8) is 0 Å². The maximum absolute atomic E-state index is 13.8. The molecule has 0 saturated carbocycles. The Morgan fingerprint density at radius 3 is 2.75 bits per heavy atom. The van der Waals surface area contributed by atoms with Crippen molar-refractivity contribution in [2.45, 2.75) is 12.8 Å². The number of carbonyl (C=O) groups is 1. The Bertz CT molecular complexity index is 1090. The van der Waals surface area contributed by atoms with Crippen LogP contribution in [0, 0.1) is 5.82 Å². The zero-order valence-electron chi connectivity index (χ0n) is 14.8. The molecule has 3 aromatic heterocycles. The van der Waals surface area contributed by atoms with Crippen LogP contribution in [0.15, 0.2) is 70.6 Å². The number of carbonyl (C=O) groups excluding carboxylic acids is 1. The highest BCUT2D eigenvalue weighted by atomic mass is 32.1. The van der Waals surface area contributed by atoms with Gasteiger partial charge < -0.3 is 9.73 Å². The number of benzene rings is 1. The molecule has 3 heterocycles. The Labute approximate surface area is 164 Å². The number of halogens is 1. The first kappa shape index (κ1) is 18.1. The van der Waals surface area contributed by atoms with Crippen LogP contribution in [-0.2, 0) is 11.2 Å². The molecule has 0 bridgehead atoms. The van der Waals surface area contributed by atoms with Gasteiger partial charge in [-0.2, -0.15) is 0 Å². The zero-order chi connectivity index (χ0) is 19.3. The number of hydrogen-bond acceptors (Lipinski definition) is 5. The van der Waals surface area contributed by atoms with Crippen molar-refractivity contribution in [1.29, 1.82) is 0 Å². The molecular formula is C21H16FN3O2S. The fraction of sp³-hybridized carbons (Fsp3) is 0.0952. The number of hydrogen-bond donors (Lipinski definition) is 1. The SMILES string of the molecule is O=C(CCc1ccc(-c2ccccc2F)o1)Nc1nc(-c2ccccn2)cs1. The summed E-state index contributed by atoms with van der Waals surface area (Å²) in [5.41, 5.74) is 1.89. The summed E-state index contributed by atoms with van der Waals surface area (Å²) in [6.45, 7) is 0. The van der Waals surface area contributed by atoms with Crippen LogP contribution in [0.25, 0.3) is 22.7 Å². The molecule has 140 valence electrons. The quantitative estimate of drug-likeness (QED) is 0.490. The van der Waals surface area contributed by atoms with Crippen LogP contribution < -0.4 is 5.32 Å². The van der Waals surface area contributed by atoms with Crippen molar-refractivity contribution >= 4 is 22.4 Å². The molecule has 1 N–H and O–H groups in total. The molecule has 0 aliphatic heterocycles. The van der Waals surface area contributed by atoms with Crippen molar-refractivity contribution in [2.24, 2.45) is 0 Å². The Morgan fingerprint density at radius 1 is 1.07 bits per heavy atom.